The molecular formula is C25H31N3O6S. The minimum Gasteiger partial charge on any atom is -0.497 e. The lowest BCUT2D eigenvalue weighted by Gasteiger charge is -2.37. The molecule has 188 valence electrons. The van der Waals surface area contributed by atoms with Crippen LogP contribution in [0.5, 0.6) is 17.2 Å². The van der Waals surface area contributed by atoms with Gasteiger partial charge in [0.05, 0.1) is 12.0 Å². The van der Waals surface area contributed by atoms with Gasteiger partial charge in [0.2, 0.25) is 22.7 Å². The van der Waals surface area contributed by atoms with Gasteiger partial charge in [-0.05, 0) is 49.1 Å². The van der Waals surface area contributed by atoms with Gasteiger partial charge in [-0.15, -0.1) is 0 Å². The summed E-state index contributed by atoms with van der Waals surface area (Å²) in [4.78, 5) is 17.7. The molecule has 3 heterocycles. The predicted octanol–water partition coefficient (Wildman–Crippen LogP) is 2.23. The first-order chi connectivity index (χ1) is 16.9. The minimum atomic E-state index is -3.82. The highest BCUT2D eigenvalue weighted by Crippen LogP contribution is 2.33. The maximum Gasteiger partial charge on any atom is 0.244 e. The Labute approximate surface area is 206 Å². The maximum absolute atomic E-state index is 13.5. The van der Waals surface area contributed by atoms with Crippen molar-refractivity contribution in [2.75, 3.05) is 46.6 Å². The Kier molecular flexibility index (Phi) is 6.61. The molecule has 35 heavy (non-hydrogen) atoms. The summed E-state index contributed by atoms with van der Waals surface area (Å²) < 4.78 is 44.5. The zero-order valence-corrected chi connectivity index (χ0v) is 20.9. The zero-order valence-electron chi connectivity index (χ0n) is 20.1. The Bertz CT molecular complexity index is 1210. The topological polar surface area (TPSA) is 88.6 Å². The summed E-state index contributed by atoms with van der Waals surface area (Å²) in [5, 5.41) is 0. The molecule has 0 saturated carbocycles. The zero-order chi connectivity index (χ0) is 24.6. The highest BCUT2D eigenvalue weighted by molar-refractivity contribution is 7.89. The highest BCUT2D eigenvalue weighted by Gasteiger charge is 2.42. The number of carbonyl (C=O) groups is 1. The van der Waals surface area contributed by atoms with Gasteiger partial charge in [-0.1, -0.05) is 12.1 Å². The van der Waals surface area contributed by atoms with Crippen LogP contribution in [0.1, 0.15) is 24.0 Å². The molecule has 0 N–H and O–H groups in total. The van der Waals surface area contributed by atoms with Crippen LogP contribution in [0.3, 0.4) is 0 Å². The van der Waals surface area contributed by atoms with E-state index in [1.165, 1.54) is 11.4 Å². The summed E-state index contributed by atoms with van der Waals surface area (Å²) in [6.45, 7) is 5.74. The van der Waals surface area contributed by atoms with Gasteiger partial charge in [-0.2, -0.15) is 4.31 Å². The maximum atomic E-state index is 13.5. The standard InChI is InChI=1S/C25H31N3O6S/c1-18-5-7-20(32-2)15-24(18)35(30,31)28-9-3-4-21(28)25(29)27-12-10-26(11-13-27)16-19-6-8-22-23(14-19)34-17-33-22/h5-8,14-15,21H,3-4,9-13,16-17H2,1-2H3/t21-/m0/s1. The summed E-state index contributed by atoms with van der Waals surface area (Å²) in [5.74, 6) is 1.92. The second kappa shape index (κ2) is 9.67. The summed E-state index contributed by atoms with van der Waals surface area (Å²) >= 11 is 0. The fourth-order valence-electron chi connectivity index (χ4n) is 5.02. The molecule has 3 aliphatic rings. The Morgan fingerprint density at radius 3 is 2.57 bits per heavy atom. The molecule has 0 spiro atoms. The van der Waals surface area contributed by atoms with Crippen LogP contribution in [0.2, 0.25) is 0 Å². The molecule has 2 aromatic rings. The highest BCUT2D eigenvalue weighted by atomic mass is 32.2. The fourth-order valence-corrected chi connectivity index (χ4v) is 6.91. The number of carbonyl (C=O) groups excluding carboxylic acids is 1. The number of hydrogen-bond donors (Lipinski definition) is 0. The van der Waals surface area contributed by atoms with Crippen LogP contribution >= 0.6 is 0 Å². The summed E-state index contributed by atoms with van der Waals surface area (Å²) in [6.07, 6.45) is 1.21. The van der Waals surface area contributed by atoms with Crippen molar-refractivity contribution in [1.82, 2.24) is 14.1 Å². The Morgan fingerprint density at radius 2 is 1.80 bits per heavy atom. The van der Waals surface area contributed by atoms with E-state index in [1.54, 1.807) is 25.1 Å². The molecule has 2 saturated heterocycles. The summed E-state index contributed by atoms with van der Waals surface area (Å²) in [7, 11) is -2.31. The van der Waals surface area contributed by atoms with Crippen LogP contribution in [0.4, 0.5) is 0 Å². The van der Waals surface area contributed by atoms with Gasteiger partial charge >= 0.3 is 0 Å². The molecule has 2 fully saturated rings. The lowest BCUT2D eigenvalue weighted by Crippen LogP contribution is -2.54. The lowest BCUT2D eigenvalue weighted by molar-refractivity contribution is -0.136. The predicted molar refractivity (Wildman–Crippen MR) is 129 cm³/mol. The molecular weight excluding hydrogens is 470 g/mol. The number of piperazine rings is 1. The van der Waals surface area contributed by atoms with E-state index in [2.05, 4.69) is 4.90 Å². The van der Waals surface area contributed by atoms with Crippen molar-refractivity contribution in [2.45, 2.75) is 37.2 Å². The first-order valence-corrected chi connectivity index (χ1v) is 13.4. The van der Waals surface area contributed by atoms with E-state index in [-0.39, 0.29) is 17.6 Å². The first kappa shape index (κ1) is 23.9. The number of methoxy groups -OCH3 is 1. The second-order valence-corrected chi connectivity index (χ2v) is 11.1. The Morgan fingerprint density at radius 1 is 1.03 bits per heavy atom. The van der Waals surface area contributed by atoms with Gasteiger partial charge in [0, 0.05) is 45.3 Å². The largest absolute Gasteiger partial charge is 0.497 e. The van der Waals surface area contributed by atoms with Gasteiger partial charge in [0.1, 0.15) is 11.8 Å². The number of sulfonamides is 1. The molecule has 5 rings (SSSR count). The van der Waals surface area contributed by atoms with E-state index in [4.69, 9.17) is 14.2 Å². The van der Waals surface area contributed by atoms with Gasteiger partial charge in [0.25, 0.3) is 0 Å². The lowest BCUT2D eigenvalue weighted by atomic mass is 10.1. The van der Waals surface area contributed by atoms with E-state index in [1.807, 2.05) is 23.1 Å². The quantitative estimate of drug-likeness (QED) is 0.600. The second-order valence-electron chi connectivity index (χ2n) is 9.19. The van der Waals surface area contributed by atoms with Gasteiger partial charge in [-0.3, -0.25) is 9.69 Å². The first-order valence-electron chi connectivity index (χ1n) is 11.9. The van der Waals surface area contributed by atoms with Crippen LogP contribution in [0.25, 0.3) is 0 Å². The van der Waals surface area contributed by atoms with Crippen molar-refractivity contribution in [1.29, 1.82) is 0 Å². The smallest absolute Gasteiger partial charge is 0.244 e. The number of aryl methyl sites for hydroxylation is 1. The van der Waals surface area contributed by atoms with Crippen molar-refractivity contribution in [3.63, 3.8) is 0 Å². The number of fused-ring (bicyclic) bond motifs is 1. The minimum absolute atomic E-state index is 0.102. The van der Waals surface area contributed by atoms with Crippen LogP contribution < -0.4 is 14.2 Å². The molecule has 10 heteroatoms. The molecule has 0 aliphatic carbocycles. The SMILES string of the molecule is COc1ccc(C)c(S(=O)(=O)N2CCC[C@H]2C(=O)N2CCN(Cc3ccc4c(c3)OCO4)CC2)c1. The van der Waals surface area contributed by atoms with E-state index < -0.39 is 16.1 Å². The van der Waals surface area contributed by atoms with Gasteiger partial charge in [-0.25, -0.2) is 8.42 Å². The number of nitrogens with zero attached hydrogens (tertiary/aromatic N) is 3. The number of benzene rings is 2. The number of hydrogen-bond acceptors (Lipinski definition) is 7. The van der Waals surface area contributed by atoms with E-state index in [0.29, 0.717) is 43.8 Å². The van der Waals surface area contributed by atoms with Crippen LogP contribution in [0, 0.1) is 6.92 Å². The van der Waals surface area contributed by atoms with Crippen LogP contribution in [0.15, 0.2) is 41.3 Å². The summed E-state index contributed by atoms with van der Waals surface area (Å²) in [6, 6.07) is 10.3. The third-order valence-corrected chi connectivity index (χ3v) is 9.05. The van der Waals surface area contributed by atoms with Gasteiger partial charge < -0.3 is 19.1 Å². The monoisotopic (exact) mass is 501 g/mol. The fraction of sp³-hybridized carbons (Fsp3) is 0.480. The average Bonchev–Trinajstić information content (AvgIpc) is 3.54. The van der Waals surface area contributed by atoms with Crippen molar-refractivity contribution in [2.24, 2.45) is 0 Å². The van der Waals surface area contributed by atoms with Crippen molar-refractivity contribution < 1.29 is 27.4 Å². The molecule has 1 amide bonds. The summed E-state index contributed by atoms with van der Waals surface area (Å²) in [5.41, 5.74) is 1.77. The Balaban J connectivity index is 1.23. The molecule has 1 atom stereocenters. The molecule has 0 unspecified atom stereocenters. The molecule has 9 nitrogen and oxygen atoms in total. The molecule has 0 aromatic heterocycles. The van der Waals surface area contributed by atoms with Crippen molar-refractivity contribution in [3.8, 4) is 17.2 Å². The third-order valence-electron chi connectivity index (χ3n) is 7.00. The third kappa shape index (κ3) is 4.70. The van der Waals surface area contributed by atoms with Gasteiger partial charge in [0.15, 0.2) is 11.5 Å². The van der Waals surface area contributed by atoms with E-state index in [9.17, 15) is 13.2 Å². The molecule has 0 radical (unpaired) electrons. The van der Waals surface area contributed by atoms with E-state index in [0.717, 1.165) is 36.7 Å². The molecule has 3 aliphatic heterocycles. The Hall–Kier alpha value is -2.82. The molecule has 0 bridgehead atoms. The average molecular weight is 502 g/mol. The van der Waals surface area contributed by atoms with Crippen LogP contribution in [-0.4, -0.2) is 81.1 Å². The molecule has 2 aromatic carbocycles. The number of rotatable bonds is 6. The number of amides is 1. The normalized spacial score (nSPS) is 20.9. The van der Waals surface area contributed by atoms with Crippen molar-refractivity contribution in [3.05, 3.63) is 47.5 Å². The van der Waals surface area contributed by atoms with Crippen molar-refractivity contribution >= 4 is 15.9 Å². The van der Waals surface area contributed by atoms with Crippen LogP contribution in [-0.2, 0) is 21.4 Å². The van der Waals surface area contributed by atoms with E-state index >= 15 is 0 Å². The number of ether oxygens (including phenoxy) is 3.